The fourth-order valence-corrected chi connectivity index (χ4v) is 2.40. The lowest BCUT2D eigenvalue weighted by atomic mass is 9.92. The molecule has 0 radical (unpaired) electrons. The maximum Gasteiger partial charge on any atom is 0.329 e. The lowest BCUT2D eigenvalue weighted by molar-refractivity contribution is -0.150. The zero-order valence-electron chi connectivity index (χ0n) is 17.3. The molecule has 29 heavy (non-hydrogen) atoms. The molecular formula is C21H27N3O5. The Balaban J connectivity index is 1.90. The highest BCUT2D eigenvalue weighted by Gasteiger charge is 2.27. The first-order valence-corrected chi connectivity index (χ1v) is 9.37. The number of rotatable bonds is 7. The van der Waals surface area contributed by atoms with Crippen LogP contribution in [0.25, 0.3) is 0 Å². The van der Waals surface area contributed by atoms with E-state index >= 15 is 0 Å². The van der Waals surface area contributed by atoms with E-state index in [-0.39, 0.29) is 23.1 Å². The van der Waals surface area contributed by atoms with Crippen LogP contribution in [0.15, 0.2) is 40.9 Å². The molecule has 0 aliphatic carbocycles. The number of carbonyl (C=O) groups is 3. The van der Waals surface area contributed by atoms with Gasteiger partial charge in [0.1, 0.15) is 6.04 Å². The number of hydrogen-bond donors (Lipinski definition) is 2. The predicted molar refractivity (Wildman–Crippen MR) is 107 cm³/mol. The van der Waals surface area contributed by atoms with Crippen molar-refractivity contribution < 1.29 is 23.6 Å². The van der Waals surface area contributed by atoms with E-state index in [1.165, 1.54) is 0 Å². The molecule has 1 heterocycles. The molecule has 0 bridgehead atoms. The van der Waals surface area contributed by atoms with Gasteiger partial charge in [-0.3, -0.25) is 14.9 Å². The molecule has 2 amide bonds. The molecule has 0 aliphatic heterocycles. The van der Waals surface area contributed by atoms with E-state index in [4.69, 9.17) is 9.26 Å². The first-order chi connectivity index (χ1) is 13.6. The van der Waals surface area contributed by atoms with Crippen molar-refractivity contribution in [2.24, 2.45) is 5.92 Å². The van der Waals surface area contributed by atoms with E-state index in [2.05, 4.69) is 15.8 Å². The van der Waals surface area contributed by atoms with Crippen molar-refractivity contribution in [3.8, 4) is 0 Å². The summed E-state index contributed by atoms with van der Waals surface area (Å²) in [6.45, 7) is 8.95. The molecule has 1 atom stereocenters. The summed E-state index contributed by atoms with van der Waals surface area (Å²) in [5.74, 6) is -1.68. The average Bonchev–Trinajstić information content (AvgIpc) is 3.13. The molecule has 0 aliphatic rings. The minimum absolute atomic E-state index is 0.175. The maximum atomic E-state index is 12.4. The van der Waals surface area contributed by atoms with Gasteiger partial charge in [0, 0.05) is 17.0 Å². The Bertz CT molecular complexity index is 853. The second-order valence-electron chi connectivity index (χ2n) is 8.04. The van der Waals surface area contributed by atoms with Gasteiger partial charge >= 0.3 is 5.97 Å². The van der Waals surface area contributed by atoms with Crippen molar-refractivity contribution in [2.45, 2.75) is 46.1 Å². The Morgan fingerprint density at radius 3 is 2.34 bits per heavy atom. The molecular weight excluding hydrogens is 374 g/mol. The van der Waals surface area contributed by atoms with Crippen LogP contribution in [0.3, 0.4) is 0 Å². The first kappa shape index (κ1) is 22.1. The minimum atomic E-state index is -0.881. The summed E-state index contributed by atoms with van der Waals surface area (Å²) in [6.07, 6.45) is 0. The molecule has 8 heteroatoms. The SMILES string of the molecule is CC(C)[C@H](NC(=O)c1ccccc1)C(=O)OCC(=O)Nc1cc(C(C)(C)C)no1. The monoisotopic (exact) mass is 401 g/mol. The molecule has 0 saturated carbocycles. The lowest BCUT2D eigenvalue weighted by Gasteiger charge is -2.20. The highest BCUT2D eigenvalue weighted by molar-refractivity contribution is 5.97. The lowest BCUT2D eigenvalue weighted by Crippen LogP contribution is -2.45. The summed E-state index contributed by atoms with van der Waals surface area (Å²) < 4.78 is 10.2. The van der Waals surface area contributed by atoms with Gasteiger partial charge in [0.2, 0.25) is 5.88 Å². The highest BCUT2D eigenvalue weighted by Crippen LogP contribution is 2.23. The zero-order chi connectivity index (χ0) is 21.6. The third-order valence-corrected chi connectivity index (χ3v) is 4.13. The van der Waals surface area contributed by atoms with Crippen LogP contribution in [0.1, 0.15) is 50.7 Å². The van der Waals surface area contributed by atoms with Crippen molar-refractivity contribution in [2.75, 3.05) is 11.9 Å². The van der Waals surface area contributed by atoms with E-state index in [0.717, 1.165) is 0 Å². The van der Waals surface area contributed by atoms with Crippen molar-refractivity contribution in [3.05, 3.63) is 47.7 Å². The standard InChI is InChI=1S/C21H27N3O5/c1-13(2)18(23-19(26)14-9-7-6-8-10-14)20(27)28-12-16(25)22-17-11-15(24-29-17)21(3,4)5/h6-11,13,18H,12H2,1-5H3,(H,22,25)(H,23,26)/t18-/m0/s1. The van der Waals surface area contributed by atoms with Crippen LogP contribution in [0.2, 0.25) is 0 Å². The molecule has 1 aromatic carbocycles. The van der Waals surface area contributed by atoms with Gasteiger partial charge in [-0.15, -0.1) is 0 Å². The summed E-state index contributed by atoms with van der Waals surface area (Å²) in [5, 5.41) is 9.05. The molecule has 1 aromatic heterocycles. The molecule has 2 N–H and O–H groups in total. The van der Waals surface area contributed by atoms with Gasteiger partial charge in [0.15, 0.2) is 6.61 Å². The average molecular weight is 401 g/mol. The number of ether oxygens (including phenoxy) is 1. The van der Waals surface area contributed by atoms with E-state index in [1.807, 2.05) is 20.8 Å². The summed E-state index contributed by atoms with van der Waals surface area (Å²) >= 11 is 0. The smallest absolute Gasteiger partial charge is 0.329 e. The number of anilines is 1. The normalized spacial score (nSPS) is 12.3. The van der Waals surface area contributed by atoms with Crippen LogP contribution < -0.4 is 10.6 Å². The Morgan fingerprint density at radius 2 is 1.79 bits per heavy atom. The highest BCUT2D eigenvalue weighted by atomic mass is 16.5. The number of nitrogens with one attached hydrogen (secondary N) is 2. The number of hydrogen-bond acceptors (Lipinski definition) is 6. The van der Waals surface area contributed by atoms with Crippen molar-refractivity contribution in [1.29, 1.82) is 0 Å². The molecule has 2 rings (SSSR count). The zero-order valence-corrected chi connectivity index (χ0v) is 17.3. The Hall–Kier alpha value is -3.16. The summed E-state index contributed by atoms with van der Waals surface area (Å²) in [5.41, 5.74) is 0.900. The van der Waals surface area contributed by atoms with E-state index in [1.54, 1.807) is 50.2 Å². The van der Waals surface area contributed by atoms with Crippen LogP contribution in [-0.2, 0) is 19.7 Å². The fourth-order valence-electron chi connectivity index (χ4n) is 2.40. The van der Waals surface area contributed by atoms with E-state index in [9.17, 15) is 14.4 Å². The van der Waals surface area contributed by atoms with Gasteiger partial charge in [-0.25, -0.2) is 4.79 Å². The first-order valence-electron chi connectivity index (χ1n) is 9.37. The second-order valence-corrected chi connectivity index (χ2v) is 8.04. The second kappa shape index (κ2) is 9.36. The molecule has 0 fully saturated rings. The number of esters is 1. The van der Waals surface area contributed by atoms with E-state index < -0.39 is 24.5 Å². The molecule has 156 valence electrons. The van der Waals surface area contributed by atoms with Crippen LogP contribution in [-0.4, -0.2) is 35.6 Å². The third kappa shape index (κ3) is 6.44. The molecule has 0 saturated heterocycles. The Morgan fingerprint density at radius 1 is 1.14 bits per heavy atom. The van der Waals surface area contributed by atoms with Gasteiger partial charge < -0.3 is 14.6 Å². The third-order valence-electron chi connectivity index (χ3n) is 4.13. The maximum absolute atomic E-state index is 12.4. The number of nitrogens with zero attached hydrogens (tertiary/aromatic N) is 1. The van der Waals surface area contributed by atoms with Crippen molar-refractivity contribution in [1.82, 2.24) is 10.5 Å². The van der Waals surface area contributed by atoms with Gasteiger partial charge in [-0.1, -0.05) is 58.0 Å². The van der Waals surface area contributed by atoms with Gasteiger partial charge in [-0.2, -0.15) is 0 Å². The van der Waals surface area contributed by atoms with Crippen molar-refractivity contribution >= 4 is 23.7 Å². The number of amides is 2. The van der Waals surface area contributed by atoms with Crippen LogP contribution in [0.4, 0.5) is 5.88 Å². The van der Waals surface area contributed by atoms with Gasteiger partial charge in [-0.05, 0) is 18.1 Å². The Kier molecular flexibility index (Phi) is 7.14. The topological polar surface area (TPSA) is 111 Å². The molecule has 8 nitrogen and oxygen atoms in total. The molecule has 0 spiro atoms. The predicted octanol–water partition coefficient (Wildman–Crippen LogP) is 2.91. The molecule has 0 unspecified atom stereocenters. The largest absolute Gasteiger partial charge is 0.454 e. The number of benzene rings is 1. The number of aromatic nitrogens is 1. The summed E-state index contributed by atoms with van der Waals surface area (Å²) in [4.78, 5) is 36.7. The minimum Gasteiger partial charge on any atom is -0.454 e. The Labute approximate surface area is 170 Å². The fraction of sp³-hybridized carbons (Fsp3) is 0.429. The van der Waals surface area contributed by atoms with Gasteiger partial charge in [0.05, 0.1) is 5.69 Å². The van der Waals surface area contributed by atoms with Crippen LogP contribution in [0, 0.1) is 5.92 Å². The van der Waals surface area contributed by atoms with Crippen LogP contribution in [0.5, 0.6) is 0 Å². The van der Waals surface area contributed by atoms with E-state index in [0.29, 0.717) is 11.3 Å². The van der Waals surface area contributed by atoms with Crippen molar-refractivity contribution in [3.63, 3.8) is 0 Å². The molecule has 2 aromatic rings. The quantitative estimate of drug-likeness (QED) is 0.690. The summed E-state index contributed by atoms with van der Waals surface area (Å²) in [7, 11) is 0. The number of carbonyl (C=O) groups excluding carboxylic acids is 3. The van der Waals surface area contributed by atoms with Crippen LogP contribution >= 0.6 is 0 Å². The summed E-state index contributed by atoms with van der Waals surface area (Å²) in [6, 6.07) is 9.30. The van der Waals surface area contributed by atoms with Gasteiger partial charge in [0.25, 0.3) is 11.8 Å².